The molecule has 0 spiro atoms. The zero-order valence-electron chi connectivity index (χ0n) is 17.7. The quantitative estimate of drug-likeness (QED) is 0.248. The first-order valence-electron chi connectivity index (χ1n) is 10.6. The number of carbonyl (C=O) groups excluding carboxylic acids is 1. The van der Waals surface area contributed by atoms with E-state index in [2.05, 4.69) is 48.5 Å². The van der Waals surface area contributed by atoms with Gasteiger partial charge in [-0.1, -0.05) is 80.6 Å². The molecule has 144 valence electrons. The highest BCUT2D eigenvalue weighted by Crippen LogP contribution is 2.55. The van der Waals surface area contributed by atoms with Gasteiger partial charge in [-0.15, -0.1) is 0 Å². The highest BCUT2D eigenvalue weighted by Gasteiger charge is 2.55. The van der Waals surface area contributed by atoms with Crippen molar-refractivity contribution in [2.24, 2.45) is 16.7 Å². The molecular formula is C22H44O2. The molecule has 0 saturated carbocycles. The van der Waals surface area contributed by atoms with Crippen molar-refractivity contribution in [1.29, 1.82) is 0 Å². The summed E-state index contributed by atoms with van der Waals surface area (Å²) in [7, 11) is 0. The molecule has 0 radical (unpaired) electrons. The number of esters is 1. The van der Waals surface area contributed by atoms with E-state index in [1.165, 1.54) is 12.8 Å². The third-order valence-electron chi connectivity index (χ3n) is 6.62. The van der Waals surface area contributed by atoms with Gasteiger partial charge in [0.25, 0.3) is 0 Å². The standard InChI is InChI=1S/C22H44O2/c1-8-14-15-16-18-24-20(23)22(13-6,19(10-3)17-9-2)21(7,11-4)12-5/h19H,8-18H2,1-7H3. The van der Waals surface area contributed by atoms with Gasteiger partial charge in [0.15, 0.2) is 0 Å². The van der Waals surface area contributed by atoms with Crippen LogP contribution in [0.5, 0.6) is 0 Å². The average molecular weight is 341 g/mol. The molecule has 2 atom stereocenters. The van der Waals surface area contributed by atoms with E-state index in [0.717, 1.165) is 51.4 Å². The summed E-state index contributed by atoms with van der Waals surface area (Å²) >= 11 is 0. The van der Waals surface area contributed by atoms with Gasteiger partial charge in [-0.05, 0) is 43.4 Å². The smallest absolute Gasteiger partial charge is 0.312 e. The van der Waals surface area contributed by atoms with Crippen LogP contribution in [0.2, 0.25) is 0 Å². The molecule has 2 nitrogen and oxygen atoms in total. The largest absolute Gasteiger partial charge is 0.465 e. The lowest BCUT2D eigenvalue weighted by molar-refractivity contribution is -0.174. The van der Waals surface area contributed by atoms with Gasteiger partial charge in [0, 0.05) is 0 Å². The molecule has 0 rings (SSSR count). The minimum Gasteiger partial charge on any atom is -0.465 e. The highest BCUT2D eigenvalue weighted by molar-refractivity contribution is 5.78. The molecule has 0 aromatic carbocycles. The Labute approximate surface area is 152 Å². The van der Waals surface area contributed by atoms with Crippen molar-refractivity contribution < 1.29 is 9.53 Å². The summed E-state index contributed by atoms with van der Waals surface area (Å²) in [5.41, 5.74) is -0.329. The Bertz CT molecular complexity index is 333. The van der Waals surface area contributed by atoms with Crippen LogP contribution in [-0.2, 0) is 9.53 Å². The van der Waals surface area contributed by atoms with Gasteiger partial charge in [-0.3, -0.25) is 4.79 Å². The van der Waals surface area contributed by atoms with E-state index in [-0.39, 0.29) is 16.8 Å². The minimum atomic E-state index is -0.341. The summed E-state index contributed by atoms with van der Waals surface area (Å²) in [6.07, 6.45) is 10.9. The summed E-state index contributed by atoms with van der Waals surface area (Å²) in [6.45, 7) is 16.3. The van der Waals surface area contributed by atoms with Crippen molar-refractivity contribution in [3.8, 4) is 0 Å². The van der Waals surface area contributed by atoms with Crippen LogP contribution in [0.15, 0.2) is 0 Å². The Morgan fingerprint density at radius 1 is 0.875 bits per heavy atom. The molecule has 0 N–H and O–H groups in total. The lowest BCUT2D eigenvalue weighted by Crippen LogP contribution is -2.51. The Morgan fingerprint density at radius 3 is 1.92 bits per heavy atom. The maximum absolute atomic E-state index is 13.3. The predicted octanol–water partition coefficient (Wildman–Crippen LogP) is 7.16. The zero-order valence-corrected chi connectivity index (χ0v) is 17.7. The molecule has 0 aliphatic carbocycles. The molecule has 0 aromatic rings. The van der Waals surface area contributed by atoms with Crippen LogP contribution in [-0.4, -0.2) is 12.6 Å². The van der Waals surface area contributed by atoms with Crippen molar-refractivity contribution in [3.63, 3.8) is 0 Å². The molecule has 0 heterocycles. The van der Waals surface area contributed by atoms with E-state index < -0.39 is 0 Å². The summed E-state index contributed by atoms with van der Waals surface area (Å²) < 4.78 is 5.89. The van der Waals surface area contributed by atoms with Gasteiger partial charge in [-0.2, -0.15) is 0 Å². The average Bonchev–Trinajstić information content (AvgIpc) is 2.61. The van der Waals surface area contributed by atoms with Crippen LogP contribution in [0.25, 0.3) is 0 Å². The topological polar surface area (TPSA) is 26.3 Å². The lowest BCUT2D eigenvalue weighted by atomic mass is 9.53. The summed E-state index contributed by atoms with van der Waals surface area (Å²) in [5.74, 6) is 0.494. The van der Waals surface area contributed by atoms with Crippen molar-refractivity contribution >= 4 is 5.97 Å². The summed E-state index contributed by atoms with van der Waals surface area (Å²) in [5, 5.41) is 0. The second-order valence-corrected chi connectivity index (χ2v) is 7.68. The van der Waals surface area contributed by atoms with Gasteiger partial charge >= 0.3 is 5.97 Å². The maximum Gasteiger partial charge on any atom is 0.312 e. The highest BCUT2D eigenvalue weighted by atomic mass is 16.5. The predicted molar refractivity (Wildman–Crippen MR) is 105 cm³/mol. The fourth-order valence-electron chi connectivity index (χ4n) is 4.62. The van der Waals surface area contributed by atoms with Crippen molar-refractivity contribution in [1.82, 2.24) is 0 Å². The van der Waals surface area contributed by atoms with Crippen LogP contribution in [0, 0.1) is 16.7 Å². The van der Waals surface area contributed by atoms with E-state index in [1.807, 2.05) is 0 Å². The third-order valence-corrected chi connectivity index (χ3v) is 6.62. The number of ether oxygens (including phenoxy) is 1. The number of hydrogen-bond acceptors (Lipinski definition) is 2. The van der Waals surface area contributed by atoms with Crippen LogP contribution in [0.4, 0.5) is 0 Å². The van der Waals surface area contributed by atoms with Gasteiger partial charge < -0.3 is 4.74 Å². The lowest BCUT2D eigenvalue weighted by Gasteiger charge is -2.50. The van der Waals surface area contributed by atoms with E-state index in [1.54, 1.807) is 0 Å². The van der Waals surface area contributed by atoms with Gasteiger partial charge in [0.1, 0.15) is 0 Å². The molecule has 0 aromatic heterocycles. The number of rotatable bonds is 14. The molecule has 0 aliphatic rings. The first-order valence-corrected chi connectivity index (χ1v) is 10.6. The first kappa shape index (κ1) is 23.5. The van der Waals surface area contributed by atoms with Crippen molar-refractivity contribution in [3.05, 3.63) is 0 Å². The van der Waals surface area contributed by atoms with Crippen LogP contribution < -0.4 is 0 Å². The van der Waals surface area contributed by atoms with Gasteiger partial charge in [0.05, 0.1) is 12.0 Å². The molecule has 2 heteroatoms. The Morgan fingerprint density at radius 2 is 1.50 bits per heavy atom. The molecule has 0 bridgehead atoms. The number of unbranched alkanes of at least 4 members (excludes halogenated alkanes) is 3. The van der Waals surface area contributed by atoms with Gasteiger partial charge in [-0.25, -0.2) is 0 Å². The van der Waals surface area contributed by atoms with Gasteiger partial charge in [0.2, 0.25) is 0 Å². The number of hydrogen-bond donors (Lipinski definition) is 0. The molecule has 0 aliphatic heterocycles. The van der Waals surface area contributed by atoms with Crippen LogP contribution in [0.3, 0.4) is 0 Å². The molecule has 0 amide bonds. The Balaban J connectivity index is 5.46. The Hall–Kier alpha value is -0.530. The molecule has 0 fully saturated rings. The van der Waals surface area contributed by atoms with Crippen LogP contribution in [0.1, 0.15) is 113 Å². The summed E-state index contributed by atoms with van der Waals surface area (Å²) in [4.78, 5) is 13.3. The summed E-state index contributed by atoms with van der Waals surface area (Å²) in [6, 6.07) is 0. The minimum absolute atomic E-state index is 0.0120. The van der Waals surface area contributed by atoms with Crippen molar-refractivity contribution in [2.45, 2.75) is 113 Å². The SMILES string of the molecule is CCCCCCOC(=O)C(CC)(C(CC)CCC)C(C)(CC)CC. The fourth-order valence-corrected chi connectivity index (χ4v) is 4.62. The molecule has 24 heavy (non-hydrogen) atoms. The third kappa shape index (κ3) is 5.23. The Kier molecular flexibility index (Phi) is 11.7. The van der Waals surface area contributed by atoms with E-state index in [0.29, 0.717) is 12.5 Å². The van der Waals surface area contributed by atoms with E-state index in [4.69, 9.17) is 4.74 Å². The monoisotopic (exact) mass is 340 g/mol. The molecule has 2 unspecified atom stereocenters. The van der Waals surface area contributed by atoms with Crippen molar-refractivity contribution in [2.75, 3.05) is 6.61 Å². The van der Waals surface area contributed by atoms with E-state index >= 15 is 0 Å². The van der Waals surface area contributed by atoms with Crippen LogP contribution >= 0.6 is 0 Å². The second kappa shape index (κ2) is 11.9. The van der Waals surface area contributed by atoms with E-state index in [9.17, 15) is 4.79 Å². The second-order valence-electron chi connectivity index (χ2n) is 7.68. The molecule has 0 saturated heterocycles. The maximum atomic E-state index is 13.3. The fraction of sp³-hybridized carbons (Fsp3) is 0.955. The normalized spacial score (nSPS) is 15.8. The number of carbonyl (C=O) groups is 1. The first-order chi connectivity index (χ1) is 11.4. The zero-order chi connectivity index (χ0) is 18.6. The molecular weight excluding hydrogens is 296 g/mol.